The van der Waals surface area contributed by atoms with E-state index in [9.17, 15) is 4.79 Å². The van der Waals surface area contributed by atoms with Crippen LogP contribution in [-0.2, 0) is 11.3 Å². The van der Waals surface area contributed by atoms with Crippen molar-refractivity contribution in [2.45, 2.75) is 13.5 Å². The lowest BCUT2D eigenvalue weighted by molar-refractivity contribution is -0.122. The van der Waals surface area contributed by atoms with Crippen LogP contribution in [0.5, 0.6) is 5.75 Å². The molecule has 0 radical (unpaired) electrons. The lowest BCUT2D eigenvalue weighted by Gasteiger charge is -2.36. The molecule has 1 amide bonds. The molecule has 1 saturated heterocycles. The van der Waals surface area contributed by atoms with E-state index in [1.165, 1.54) is 0 Å². The van der Waals surface area contributed by atoms with Gasteiger partial charge < -0.3 is 19.4 Å². The molecular weight excluding hydrogens is 318 g/mol. The summed E-state index contributed by atoms with van der Waals surface area (Å²) in [6, 6.07) is 11.8. The highest BCUT2D eigenvalue weighted by molar-refractivity contribution is 5.78. The van der Waals surface area contributed by atoms with Crippen molar-refractivity contribution < 1.29 is 13.9 Å². The van der Waals surface area contributed by atoms with E-state index in [0.29, 0.717) is 19.7 Å². The summed E-state index contributed by atoms with van der Waals surface area (Å²) in [6.45, 7) is 6.99. The maximum absolute atomic E-state index is 12.1. The van der Waals surface area contributed by atoms with Gasteiger partial charge in [-0.1, -0.05) is 12.1 Å². The van der Waals surface area contributed by atoms with Crippen LogP contribution >= 0.6 is 0 Å². The molecule has 2 aromatic rings. The minimum absolute atomic E-state index is 0.0274. The number of ether oxygens (including phenoxy) is 1. The summed E-state index contributed by atoms with van der Waals surface area (Å²) in [7, 11) is 0. The van der Waals surface area contributed by atoms with Crippen molar-refractivity contribution in [3.05, 3.63) is 48.4 Å². The van der Waals surface area contributed by atoms with Crippen molar-refractivity contribution in [2.24, 2.45) is 0 Å². The van der Waals surface area contributed by atoms with E-state index in [1.54, 1.807) is 6.26 Å². The molecule has 3 rings (SSSR count). The van der Waals surface area contributed by atoms with Crippen LogP contribution in [0, 0.1) is 0 Å². The summed E-state index contributed by atoms with van der Waals surface area (Å²) in [5.74, 6) is 1.72. The van der Waals surface area contributed by atoms with E-state index in [1.807, 2.05) is 37.3 Å². The maximum atomic E-state index is 12.1. The van der Waals surface area contributed by atoms with E-state index >= 15 is 0 Å². The molecule has 1 fully saturated rings. The van der Waals surface area contributed by atoms with Gasteiger partial charge in [-0.2, -0.15) is 0 Å². The third-order valence-electron chi connectivity index (χ3n) is 4.29. The van der Waals surface area contributed by atoms with Gasteiger partial charge >= 0.3 is 0 Å². The van der Waals surface area contributed by atoms with E-state index in [4.69, 9.17) is 9.15 Å². The van der Waals surface area contributed by atoms with Gasteiger partial charge in [0.05, 0.1) is 31.6 Å². The molecule has 1 N–H and O–H groups in total. The van der Waals surface area contributed by atoms with Gasteiger partial charge in [0.1, 0.15) is 11.5 Å². The third kappa shape index (κ3) is 4.76. The van der Waals surface area contributed by atoms with Gasteiger partial charge in [-0.15, -0.1) is 0 Å². The lowest BCUT2D eigenvalue weighted by atomic mass is 10.2. The van der Waals surface area contributed by atoms with Gasteiger partial charge in [-0.3, -0.25) is 9.69 Å². The first-order valence-corrected chi connectivity index (χ1v) is 8.74. The molecule has 0 bridgehead atoms. The Balaban J connectivity index is 1.46. The molecule has 134 valence electrons. The fraction of sp³-hybridized carbons (Fsp3) is 0.421. The number of anilines is 1. The topological polar surface area (TPSA) is 58.0 Å². The van der Waals surface area contributed by atoms with Crippen LogP contribution in [0.1, 0.15) is 12.7 Å². The number of amides is 1. The Morgan fingerprint density at radius 3 is 2.68 bits per heavy atom. The molecule has 1 aliphatic heterocycles. The zero-order valence-electron chi connectivity index (χ0n) is 14.6. The first kappa shape index (κ1) is 17.4. The minimum Gasteiger partial charge on any atom is -0.492 e. The predicted molar refractivity (Wildman–Crippen MR) is 96.8 cm³/mol. The zero-order valence-corrected chi connectivity index (χ0v) is 14.6. The van der Waals surface area contributed by atoms with E-state index in [0.717, 1.165) is 43.4 Å². The second-order valence-electron chi connectivity index (χ2n) is 6.02. The Morgan fingerprint density at radius 2 is 1.96 bits per heavy atom. The molecule has 0 spiro atoms. The Morgan fingerprint density at radius 1 is 1.16 bits per heavy atom. The number of nitrogens with zero attached hydrogens (tertiary/aromatic N) is 2. The van der Waals surface area contributed by atoms with Gasteiger partial charge in [0, 0.05) is 26.2 Å². The van der Waals surface area contributed by atoms with Gasteiger partial charge in [0.2, 0.25) is 5.91 Å². The van der Waals surface area contributed by atoms with E-state index in [-0.39, 0.29) is 5.91 Å². The van der Waals surface area contributed by atoms with Gasteiger partial charge in [0.15, 0.2) is 0 Å². The average molecular weight is 343 g/mol. The summed E-state index contributed by atoms with van der Waals surface area (Å²) in [4.78, 5) is 16.6. The maximum Gasteiger partial charge on any atom is 0.234 e. The normalized spacial score (nSPS) is 15.2. The van der Waals surface area contributed by atoms with Crippen LogP contribution in [0.25, 0.3) is 0 Å². The van der Waals surface area contributed by atoms with Crippen molar-refractivity contribution >= 4 is 11.6 Å². The molecule has 2 heterocycles. The highest BCUT2D eigenvalue weighted by Gasteiger charge is 2.21. The molecule has 0 saturated carbocycles. The number of benzene rings is 1. The number of rotatable bonds is 7. The second-order valence-corrected chi connectivity index (χ2v) is 6.02. The summed E-state index contributed by atoms with van der Waals surface area (Å²) < 4.78 is 10.9. The Hall–Kier alpha value is -2.47. The summed E-state index contributed by atoms with van der Waals surface area (Å²) >= 11 is 0. The van der Waals surface area contributed by atoms with Crippen LogP contribution in [0.4, 0.5) is 5.69 Å². The standard InChI is InChI=1S/C19H25N3O3/c1-2-24-18-8-4-3-7-17(18)22-11-9-21(10-12-22)15-19(23)20-14-16-6-5-13-25-16/h3-8,13H,2,9-12,14-15H2,1H3,(H,20,23). The number of carbonyl (C=O) groups excluding carboxylic acids is 1. The first-order valence-electron chi connectivity index (χ1n) is 8.74. The number of para-hydroxylation sites is 2. The van der Waals surface area contributed by atoms with Gasteiger partial charge in [0.25, 0.3) is 0 Å². The van der Waals surface area contributed by atoms with Crippen molar-refractivity contribution in [3.63, 3.8) is 0 Å². The molecule has 6 nitrogen and oxygen atoms in total. The molecule has 25 heavy (non-hydrogen) atoms. The monoisotopic (exact) mass is 343 g/mol. The lowest BCUT2D eigenvalue weighted by Crippen LogP contribution is -2.49. The summed E-state index contributed by atoms with van der Waals surface area (Å²) in [5.41, 5.74) is 1.13. The quantitative estimate of drug-likeness (QED) is 0.834. The van der Waals surface area contributed by atoms with Crippen molar-refractivity contribution in [1.29, 1.82) is 0 Å². The van der Waals surface area contributed by atoms with Crippen molar-refractivity contribution in [3.8, 4) is 5.75 Å². The van der Waals surface area contributed by atoms with Crippen molar-refractivity contribution in [1.82, 2.24) is 10.2 Å². The highest BCUT2D eigenvalue weighted by Crippen LogP contribution is 2.28. The van der Waals surface area contributed by atoms with E-state index < -0.39 is 0 Å². The van der Waals surface area contributed by atoms with Crippen LogP contribution in [0.3, 0.4) is 0 Å². The SMILES string of the molecule is CCOc1ccccc1N1CCN(CC(=O)NCc2ccco2)CC1. The molecule has 1 aromatic carbocycles. The average Bonchev–Trinajstić information content (AvgIpc) is 3.15. The number of carbonyl (C=O) groups is 1. The Labute approximate surface area is 148 Å². The number of hydrogen-bond donors (Lipinski definition) is 1. The molecule has 0 unspecified atom stereocenters. The smallest absolute Gasteiger partial charge is 0.234 e. The number of furan rings is 1. The second kappa shape index (κ2) is 8.58. The number of piperazine rings is 1. The van der Waals surface area contributed by atoms with Crippen LogP contribution < -0.4 is 15.0 Å². The minimum atomic E-state index is 0.0274. The molecular formula is C19H25N3O3. The number of nitrogens with one attached hydrogen (secondary N) is 1. The molecule has 6 heteroatoms. The molecule has 0 aliphatic carbocycles. The summed E-state index contributed by atoms with van der Waals surface area (Å²) in [6.07, 6.45) is 1.61. The van der Waals surface area contributed by atoms with Gasteiger partial charge in [-0.25, -0.2) is 0 Å². The van der Waals surface area contributed by atoms with Gasteiger partial charge in [-0.05, 0) is 31.2 Å². The first-order chi connectivity index (χ1) is 12.3. The molecule has 0 atom stereocenters. The summed E-state index contributed by atoms with van der Waals surface area (Å²) in [5, 5.41) is 2.89. The van der Waals surface area contributed by atoms with E-state index in [2.05, 4.69) is 21.2 Å². The van der Waals surface area contributed by atoms with Crippen LogP contribution in [-0.4, -0.2) is 50.1 Å². The highest BCUT2D eigenvalue weighted by atomic mass is 16.5. The molecule has 1 aliphatic rings. The fourth-order valence-electron chi connectivity index (χ4n) is 3.00. The zero-order chi connectivity index (χ0) is 17.5. The largest absolute Gasteiger partial charge is 0.492 e. The molecule has 1 aromatic heterocycles. The van der Waals surface area contributed by atoms with Crippen molar-refractivity contribution in [2.75, 3.05) is 44.2 Å². The Kier molecular flexibility index (Phi) is 5.95. The van der Waals surface area contributed by atoms with Crippen LogP contribution in [0.2, 0.25) is 0 Å². The fourth-order valence-corrected chi connectivity index (χ4v) is 3.00. The Bertz CT molecular complexity index is 664. The van der Waals surface area contributed by atoms with Crippen LogP contribution in [0.15, 0.2) is 47.1 Å². The number of hydrogen-bond acceptors (Lipinski definition) is 5. The predicted octanol–water partition coefficient (Wildman–Crippen LogP) is 2.12. The third-order valence-corrected chi connectivity index (χ3v) is 4.29.